The third kappa shape index (κ3) is 2.71. The topological polar surface area (TPSA) is 62.3 Å². The number of hydrogen-bond acceptors (Lipinski definition) is 4. The first-order valence-electron chi connectivity index (χ1n) is 6.21. The number of aryl methyl sites for hydroxylation is 1. The standard InChI is InChI=1S/C14H19N3O2/c1-4-19-11-7-5-10(6-8-11)13(15)14-12(18-3)9-16-17(14)2/h5-9,13H,4,15H2,1-3H3. The molecule has 0 bridgehead atoms. The second kappa shape index (κ2) is 5.75. The van der Waals surface area contributed by atoms with Gasteiger partial charge in [-0.15, -0.1) is 0 Å². The van der Waals surface area contributed by atoms with Gasteiger partial charge in [-0.25, -0.2) is 0 Å². The van der Waals surface area contributed by atoms with Gasteiger partial charge >= 0.3 is 0 Å². The molecule has 0 aliphatic heterocycles. The number of rotatable bonds is 5. The third-order valence-corrected chi connectivity index (χ3v) is 3.01. The van der Waals surface area contributed by atoms with E-state index in [1.165, 1.54) is 0 Å². The van der Waals surface area contributed by atoms with Gasteiger partial charge in [0.05, 0.1) is 26.0 Å². The molecule has 1 unspecified atom stereocenters. The lowest BCUT2D eigenvalue weighted by Crippen LogP contribution is -2.16. The van der Waals surface area contributed by atoms with Crippen LogP contribution in [0.4, 0.5) is 0 Å². The Labute approximate surface area is 112 Å². The van der Waals surface area contributed by atoms with Gasteiger partial charge in [0.2, 0.25) is 0 Å². The van der Waals surface area contributed by atoms with E-state index in [9.17, 15) is 0 Å². The normalized spacial score (nSPS) is 12.2. The highest BCUT2D eigenvalue weighted by molar-refractivity contribution is 5.38. The zero-order valence-electron chi connectivity index (χ0n) is 11.5. The molecule has 0 aliphatic rings. The Balaban J connectivity index is 2.27. The van der Waals surface area contributed by atoms with E-state index in [0.29, 0.717) is 12.4 Å². The van der Waals surface area contributed by atoms with Gasteiger partial charge in [-0.3, -0.25) is 4.68 Å². The van der Waals surface area contributed by atoms with Crippen molar-refractivity contribution in [3.8, 4) is 11.5 Å². The Kier molecular flexibility index (Phi) is 4.06. The van der Waals surface area contributed by atoms with Crippen molar-refractivity contribution in [2.24, 2.45) is 12.8 Å². The predicted octanol–water partition coefficient (Wildman–Crippen LogP) is 1.88. The summed E-state index contributed by atoms with van der Waals surface area (Å²) in [7, 11) is 3.47. The summed E-state index contributed by atoms with van der Waals surface area (Å²) in [5, 5.41) is 4.17. The maximum absolute atomic E-state index is 6.28. The van der Waals surface area contributed by atoms with Gasteiger partial charge < -0.3 is 15.2 Å². The molecule has 2 N–H and O–H groups in total. The van der Waals surface area contributed by atoms with Crippen LogP contribution in [0, 0.1) is 0 Å². The van der Waals surface area contributed by atoms with E-state index < -0.39 is 0 Å². The quantitative estimate of drug-likeness (QED) is 0.892. The number of aromatic nitrogens is 2. The van der Waals surface area contributed by atoms with Gasteiger partial charge in [-0.2, -0.15) is 5.10 Å². The first kappa shape index (κ1) is 13.4. The van der Waals surface area contributed by atoms with Crippen LogP contribution >= 0.6 is 0 Å². The highest BCUT2D eigenvalue weighted by atomic mass is 16.5. The molecular weight excluding hydrogens is 242 g/mol. The van der Waals surface area contributed by atoms with Crippen LogP contribution in [-0.2, 0) is 7.05 Å². The molecule has 19 heavy (non-hydrogen) atoms. The Morgan fingerprint density at radius 1 is 1.32 bits per heavy atom. The summed E-state index contributed by atoms with van der Waals surface area (Å²) in [6, 6.07) is 7.48. The van der Waals surface area contributed by atoms with Gasteiger partial charge in [0.1, 0.15) is 11.4 Å². The van der Waals surface area contributed by atoms with Crippen molar-refractivity contribution in [1.29, 1.82) is 0 Å². The van der Waals surface area contributed by atoms with Gasteiger partial charge in [0.25, 0.3) is 0 Å². The SMILES string of the molecule is CCOc1ccc(C(N)c2c(OC)cnn2C)cc1. The van der Waals surface area contributed by atoms with E-state index in [4.69, 9.17) is 15.2 Å². The van der Waals surface area contributed by atoms with E-state index in [1.807, 2.05) is 38.2 Å². The maximum Gasteiger partial charge on any atom is 0.161 e. The molecule has 1 aromatic heterocycles. The van der Waals surface area contributed by atoms with Crippen molar-refractivity contribution in [3.05, 3.63) is 41.7 Å². The number of nitrogens with two attached hydrogens (primary N) is 1. The maximum atomic E-state index is 6.28. The second-order valence-corrected chi connectivity index (χ2v) is 4.20. The van der Waals surface area contributed by atoms with Crippen LogP contribution in [-0.4, -0.2) is 23.5 Å². The minimum absolute atomic E-state index is 0.280. The largest absolute Gasteiger partial charge is 0.494 e. The van der Waals surface area contributed by atoms with Crippen molar-refractivity contribution in [1.82, 2.24) is 9.78 Å². The fourth-order valence-corrected chi connectivity index (χ4v) is 2.03. The molecule has 2 rings (SSSR count). The highest BCUT2D eigenvalue weighted by Crippen LogP contribution is 2.28. The Hall–Kier alpha value is -2.01. The van der Waals surface area contributed by atoms with Gasteiger partial charge in [-0.1, -0.05) is 12.1 Å². The van der Waals surface area contributed by atoms with Crippen LogP contribution < -0.4 is 15.2 Å². The van der Waals surface area contributed by atoms with Crippen molar-refractivity contribution >= 4 is 0 Å². The molecule has 1 aromatic carbocycles. The Morgan fingerprint density at radius 2 is 2.00 bits per heavy atom. The molecule has 0 radical (unpaired) electrons. The molecule has 0 amide bonds. The van der Waals surface area contributed by atoms with Crippen molar-refractivity contribution < 1.29 is 9.47 Å². The van der Waals surface area contributed by atoms with Crippen LogP contribution in [0.25, 0.3) is 0 Å². The number of benzene rings is 1. The molecule has 0 saturated carbocycles. The van der Waals surface area contributed by atoms with E-state index in [0.717, 1.165) is 17.0 Å². The summed E-state index contributed by atoms with van der Waals surface area (Å²) in [6.45, 7) is 2.61. The van der Waals surface area contributed by atoms with Crippen LogP contribution in [0.1, 0.15) is 24.2 Å². The van der Waals surface area contributed by atoms with E-state index >= 15 is 0 Å². The lowest BCUT2D eigenvalue weighted by molar-refractivity contribution is 0.340. The highest BCUT2D eigenvalue weighted by Gasteiger charge is 2.18. The predicted molar refractivity (Wildman–Crippen MR) is 73.4 cm³/mol. The molecule has 5 nitrogen and oxygen atoms in total. The van der Waals surface area contributed by atoms with Gasteiger partial charge in [0.15, 0.2) is 5.75 Å². The fraction of sp³-hybridized carbons (Fsp3) is 0.357. The summed E-state index contributed by atoms with van der Waals surface area (Å²) in [5.41, 5.74) is 8.12. The zero-order valence-corrected chi connectivity index (χ0v) is 11.5. The monoisotopic (exact) mass is 261 g/mol. The van der Waals surface area contributed by atoms with Crippen molar-refractivity contribution in [3.63, 3.8) is 0 Å². The van der Waals surface area contributed by atoms with Crippen LogP contribution in [0.5, 0.6) is 11.5 Å². The minimum atomic E-state index is -0.280. The smallest absolute Gasteiger partial charge is 0.161 e. The van der Waals surface area contributed by atoms with Gasteiger partial charge in [-0.05, 0) is 24.6 Å². The molecular formula is C14H19N3O2. The average Bonchev–Trinajstić information content (AvgIpc) is 2.80. The molecule has 1 atom stereocenters. The summed E-state index contributed by atoms with van der Waals surface area (Å²) in [6.07, 6.45) is 1.67. The first-order valence-corrected chi connectivity index (χ1v) is 6.21. The number of methoxy groups -OCH3 is 1. The molecule has 0 fully saturated rings. The van der Waals surface area contributed by atoms with Crippen LogP contribution in [0.15, 0.2) is 30.5 Å². The van der Waals surface area contributed by atoms with Crippen molar-refractivity contribution in [2.45, 2.75) is 13.0 Å². The van der Waals surface area contributed by atoms with E-state index in [-0.39, 0.29) is 6.04 Å². The second-order valence-electron chi connectivity index (χ2n) is 4.20. The van der Waals surface area contributed by atoms with E-state index in [1.54, 1.807) is 18.0 Å². The summed E-state index contributed by atoms with van der Waals surface area (Å²) in [5.74, 6) is 1.54. The zero-order chi connectivity index (χ0) is 13.8. The molecule has 102 valence electrons. The van der Waals surface area contributed by atoms with Crippen molar-refractivity contribution in [2.75, 3.05) is 13.7 Å². The molecule has 1 heterocycles. The summed E-state index contributed by atoms with van der Waals surface area (Å²) < 4.78 is 12.4. The van der Waals surface area contributed by atoms with Crippen LogP contribution in [0.3, 0.4) is 0 Å². The minimum Gasteiger partial charge on any atom is -0.494 e. The molecule has 2 aromatic rings. The Morgan fingerprint density at radius 3 is 2.58 bits per heavy atom. The molecule has 0 aliphatic carbocycles. The molecule has 5 heteroatoms. The Bertz CT molecular complexity index is 534. The lowest BCUT2D eigenvalue weighted by Gasteiger charge is -2.15. The lowest BCUT2D eigenvalue weighted by atomic mass is 10.0. The number of hydrogen-bond donors (Lipinski definition) is 1. The van der Waals surface area contributed by atoms with E-state index in [2.05, 4.69) is 5.10 Å². The average molecular weight is 261 g/mol. The molecule has 0 spiro atoms. The number of ether oxygens (including phenoxy) is 2. The van der Waals surface area contributed by atoms with Gasteiger partial charge in [0, 0.05) is 7.05 Å². The third-order valence-electron chi connectivity index (χ3n) is 3.01. The number of nitrogens with zero attached hydrogens (tertiary/aromatic N) is 2. The first-order chi connectivity index (χ1) is 9.17. The molecule has 0 saturated heterocycles. The van der Waals surface area contributed by atoms with Crippen LogP contribution in [0.2, 0.25) is 0 Å². The fourth-order valence-electron chi connectivity index (χ4n) is 2.03. The summed E-state index contributed by atoms with van der Waals surface area (Å²) in [4.78, 5) is 0. The summed E-state index contributed by atoms with van der Waals surface area (Å²) >= 11 is 0.